The van der Waals surface area contributed by atoms with E-state index >= 15 is 0 Å². The van der Waals surface area contributed by atoms with Gasteiger partial charge in [-0.15, -0.1) is 0 Å². The predicted octanol–water partition coefficient (Wildman–Crippen LogP) is 3.69. The van der Waals surface area contributed by atoms with E-state index in [0.717, 1.165) is 28.3 Å². The second-order valence-corrected chi connectivity index (χ2v) is 6.99. The van der Waals surface area contributed by atoms with Crippen LogP contribution in [0.2, 0.25) is 0 Å². The zero-order valence-electron chi connectivity index (χ0n) is 15.5. The first-order valence-corrected chi connectivity index (χ1v) is 9.43. The molecule has 0 saturated heterocycles. The Kier molecular flexibility index (Phi) is 4.00. The van der Waals surface area contributed by atoms with Crippen molar-refractivity contribution >= 4 is 11.7 Å². The highest BCUT2D eigenvalue weighted by molar-refractivity contribution is 6.00. The SMILES string of the molecule is CCOc1ccc([C@@H]2C3=C(C[C@@H](c4ccco4)CC3=O)Nc3ncnn32)cc1. The summed E-state index contributed by atoms with van der Waals surface area (Å²) >= 11 is 0. The van der Waals surface area contributed by atoms with E-state index in [1.54, 1.807) is 10.9 Å². The van der Waals surface area contributed by atoms with E-state index < -0.39 is 0 Å². The van der Waals surface area contributed by atoms with Gasteiger partial charge < -0.3 is 14.5 Å². The molecular formula is C21H20N4O3. The average molecular weight is 376 g/mol. The third-order valence-corrected chi connectivity index (χ3v) is 5.31. The molecule has 1 aliphatic carbocycles. The van der Waals surface area contributed by atoms with Gasteiger partial charge in [-0.25, -0.2) is 4.68 Å². The molecular weight excluding hydrogens is 356 g/mol. The molecule has 3 aromatic rings. The molecule has 2 aromatic heterocycles. The minimum Gasteiger partial charge on any atom is -0.494 e. The fourth-order valence-corrected chi connectivity index (χ4v) is 4.10. The van der Waals surface area contributed by atoms with Gasteiger partial charge in [-0.1, -0.05) is 12.1 Å². The minimum absolute atomic E-state index is 0.0317. The molecule has 0 spiro atoms. The Bertz CT molecular complexity index is 1030. The number of aromatic nitrogens is 3. The van der Waals surface area contributed by atoms with E-state index in [4.69, 9.17) is 9.15 Å². The molecule has 0 amide bonds. The number of hydrogen-bond acceptors (Lipinski definition) is 6. The van der Waals surface area contributed by atoms with Gasteiger partial charge in [0.2, 0.25) is 5.95 Å². The van der Waals surface area contributed by atoms with Gasteiger partial charge in [-0.05, 0) is 43.2 Å². The number of benzene rings is 1. The van der Waals surface area contributed by atoms with Crippen molar-refractivity contribution in [2.24, 2.45) is 0 Å². The molecule has 2 atom stereocenters. The number of anilines is 1. The number of ketones is 1. The highest BCUT2D eigenvalue weighted by atomic mass is 16.5. The molecule has 7 heteroatoms. The maximum absolute atomic E-state index is 13.2. The molecule has 0 bridgehead atoms. The molecule has 0 radical (unpaired) electrons. The fourth-order valence-electron chi connectivity index (χ4n) is 4.10. The van der Waals surface area contributed by atoms with Crippen molar-refractivity contribution in [2.45, 2.75) is 31.7 Å². The Morgan fingerprint density at radius 3 is 2.86 bits per heavy atom. The second-order valence-electron chi connectivity index (χ2n) is 6.99. The van der Waals surface area contributed by atoms with Crippen LogP contribution in [0.4, 0.5) is 5.95 Å². The van der Waals surface area contributed by atoms with Crippen LogP contribution in [0.15, 0.2) is 64.7 Å². The van der Waals surface area contributed by atoms with Gasteiger partial charge >= 0.3 is 0 Å². The van der Waals surface area contributed by atoms with E-state index in [1.807, 2.05) is 43.3 Å². The summed E-state index contributed by atoms with van der Waals surface area (Å²) in [6.45, 7) is 2.57. The quantitative estimate of drug-likeness (QED) is 0.748. The molecule has 0 unspecified atom stereocenters. The zero-order chi connectivity index (χ0) is 19.1. The summed E-state index contributed by atoms with van der Waals surface area (Å²) in [7, 11) is 0. The number of fused-ring (bicyclic) bond motifs is 1. The van der Waals surface area contributed by atoms with Gasteiger partial charge in [0.1, 0.15) is 23.9 Å². The van der Waals surface area contributed by atoms with Gasteiger partial charge in [0.15, 0.2) is 5.78 Å². The van der Waals surface area contributed by atoms with Crippen LogP contribution >= 0.6 is 0 Å². The molecule has 3 heterocycles. The Morgan fingerprint density at radius 1 is 1.25 bits per heavy atom. The number of allylic oxidation sites excluding steroid dienone is 2. The number of ether oxygens (including phenoxy) is 1. The maximum atomic E-state index is 13.2. The number of carbonyl (C=O) groups is 1. The van der Waals surface area contributed by atoms with Crippen molar-refractivity contribution in [3.05, 3.63) is 71.6 Å². The molecule has 1 aliphatic heterocycles. The highest BCUT2D eigenvalue weighted by Gasteiger charge is 2.39. The summed E-state index contributed by atoms with van der Waals surface area (Å²) in [5, 5.41) is 7.69. The minimum atomic E-state index is -0.297. The molecule has 28 heavy (non-hydrogen) atoms. The third-order valence-electron chi connectivity index (χ3n) is 5.31. The van der Waals surface area contributed by atoms with Crippen molar-refractivity contribution < 1.29 is 13.9 Å². The second kappa shape index (κ2) is 6.67. The van der Waals surface area contributed by atoms with E-state index in [-0.39, 0.29) is 17.7 Å². The van der Waals surface area contributed by atoms with Crippen LogP contribution < -0.4 is 10.1 Å². The number of Topliss-reactive ketones (excluding diaryl/α,β-unsaturated/α-hetero) is 1. The lowest BCUT2D eigenvalue weighted by molar-refractivity contribution is -0.117. The average Bonchev–Trinajstić information content (AvgIpc) is 3.39. The first-order chi connectivity index (χ1) is 13.7. The van der Waals surface area contributed by atoms with E-state index in [9.17, 15) is 4.79 Å². The molecule has 1 aromatic carbocycles. The largest absolute Gasteiger partial charge is 0.494 e. The van der Waals surface area contributed by atoms with Gasteiger partial charge in [-0.2, -0.15) is 10.1 Å². The topological polar surface area (TPSA) is 82.2 Å². The number of furan rings is 1. The normalized spacial score (nSPS) is 21.1. The van der Waals surface area contributed by atoms with Crippen molar-refractivity contribution in [3.8, 4) is 5.75 Å². The summed E-state index contributed by atoms with van der Waals surface area (Å²) in [6.07, 6.45) is 4.29. The molecule has 2 aliphatic rings. The summed E-state index contributed by atoms with van der Waals surface area (Å²) < 4.78 is 12.9. The standard InChI is InChI=1S/C21H20N4O3/c1-2-27-15-7-5-13(6-8-15)20-19-16(24-21-22-12-23-25(20)21)10-14(11-17(19)26)18-4-3-9-28-18/h3-9,12,14,20H,2,10-11H2,1H3,(H,22,23,24)/t14-,20-/m1/s1. The van der Waals surface area contributed by atoms with Crippen LogP contribution in [0, 0.1) is 0 Å². The zero-order valence-corrected chi connectivity index (χ0v) is 15.5. The molecule has 7 nitrogen and oxygen atoms in total. The van der Waals surface area contributed by atoms with Crippen molar-refractivity contribution in [1.29, 1.82) is 0 Å². The summed E-state index contributed by atoms with van der Waals surface area (Å²) in [4.78, 5) is 17.5. The smallest absolute Gasteiger partial charge is 0.226 e. The molecule has 1 N–H and O–H groups in total. The Hall–Kier alpha value is -3.35. The van der Waals surface area contributed by atoms with E-state index in [2.05, 4.69) is 15.4 Å². The number of nitrogens with one attached hydrogen (secondary N) is 1. The van der Waals surface area contributed by atoms with Gasteiger partial charge in [0.05, 0.1) is 12.9 Å². The molecule has 142 valence electrons. The lowest BCUT2D eigenvalue weighted by atomic mass is 9.79. The summed E-state index contributed by atoms with van der Waals surface area (Å²) in [6, 6.07) is 11.3. The Labute approximate surface area is 162 Å². The Morgan fingerprint density at radius 2 is 2.11 bits per heavy atom. The van der Waals surface area contributed by atoms with Crippen LogP contribution in [-0.4, -0.2) is 27.2 Å². The number of nitrogens with zero attached hydrogens (tertiary/aromatic N) is 3. The summed E-state index contributed by atoms with van der Waals surface area (Å²) in [5.74, 6) is 2.43. The molecule has 0 saturated carbocycles. The first-order valence-electron chi connectivity index (χ1n) is 9.43. The van der Waals surface area contributed by atoms with Crippen LogP contribution in [0.5, 0.6) is 5.75 Å². The van der Waals surface area contributed by atoms with Crippen molar-refractivity contribution in [1.82, 2.24) is 14.8 Å². The first kappa shape index (κ1) is 16.8. The maximum Gasteiger partial charge on any atom is 0.226 e. The predicted molar refractivity (Wildman–Crippen MR) is 102 cm³/mol. The van der Waals surface area contributed by atoms with Crippen LogP contribution in [-0.2, 0) is 4.79 Å². The molecule has 0 fully saturated rings. The van der Waals surface area contributed by atoms with Gasteiger partial charge in [-0.3, -0.25) is 4.79 Å². The number of hydrogen-bond donors (Lipinski definition) is 1. The lowest BCUT2D eigenvalue weighted by Gasteiger charge is -2.34. The van der Waals surface area contributed by atoms with Crippen LogP contribution in [0.1, 0.15) is 43.0 Å². The number of carbonyl (C=O) groups excluding carboxylic acids is 1. The van der Waals surface area contributed by atoms with Crippen LogP contribution in [0.3, 0.4) is 0 Å². The van der Waals surface area contributed by atoms with Crippen molar-refractivity contribution in [2.75, 3.05) is 11.9 Å². The third kappa shape index (κ3) is 2.70. The highest BCUT2D eigenvalue weighted by Crippen LogP contribution is 2.43. The summed E-state index contributed by atoms with van der Waals surface area (Å²) in [5.41, 5.74) is 2.64. The fraction of sp³-hybridized carbons (Fsp3) is 0.286. The lowest BCUT2D eigenvalue weighted by Crippen LogP contribution is -2.33. The van der Waals surface area contributed by atoms with E-state index in [0.29, 0.717) is 25.4 Å². The van der Waals surface area contributed by atoms with Gasteiger partial charge in [0.25, 0.3) is 0 Å². The van der Waals surface area contributed by atoms with Crippen LogP contribution in [0.25, 0.3) is 0 Å². The van der Waals surface area contributed by atoms with Gasteiger partial charge in [0, 0.05) is 23.6 Å². The van der Waals surface area contributed by atoms with Crippen molar-refractivity contribution in [3.63, 3.8) is 0 Å². The monoisotopic (exact) mass is 376 g/mol. The number of rotatable bonds is 4. The van der Waals surface area contributed by atoms with E-state index in [1.165, 1.54) is 6.33 Å². The Balaban J connectivity index is 1.56. The molecule has 5 rings (SSSR count).